The molecule has 0 bridgehead atoms. The minimum atomic E-state index is 0.286. The molecule has 1 atom stereocenters. The molecular formula is C14H19NO. The first-order chi connectivity index (χ1) is 7.79. The fraction of sp³-hybridized carbons (Fsp3) is 0.429. The van der Waals surface area contributed by atoms with Crippen LogP contribution in [0.5, 0.6) is 5.75 Å². The molecule has 0 unspecified atom stereocenters. The van der Waals surface area contributed by atoms with Gasteiger partial charge in [0.2, 0.25) is 0 Å². The van der Waals surface area contributed by atoms with Gasteiger partial charge >= 0.3 is 0 Å². The van der Waals surface area contributed by atoms with Gasteiger partial charge in [-0.2, -0.15) is 0 Å². The second-order valence-corrected chi connectivity index (χ2v) is 3.73. The molecule has 0 amide bonds. The average Bonchev–Trinajstić information content (AvgIpc) is 2.34. The Bertz CT molecular complexity index is 354. The van der Waals surface area contributed by atoms with Crippen LogP contribution in [0.15, 0.2) is 24.3 Å². The summed E-state index contributed by atoms with van der Waals surface area (Å²) in [7, 11) is 1.70. The van der Waals surface area contributed by atoms with E-state index in [-0.39, 0.29) is 6.04 Å². The molecule has 0 fully saturated rings. The van der Waals surface area contributed by atoms with Crippen molar-refractivity contribution in [1.29, 1.82) is 0 Å². The Morgan fingerprint density at radius 3 is 2.88 bits per heavy atom. The fourth-order valence-electron chi connectivity index (χ4n) is 1.64. The number of methoxy groups -OCH3 is 1. The maximum absolute atomic E-state index is 5.32. The van der Waals surface area contributed by atoms with Crippen LogP contribution in [0.2, 0.25) is 0 Å². The molecule has 0 aliphatic heterocycles. The third kappa shape index (κ3) is 3.60. The summed E-state index contributed by atoms with van der Waals surface area (Å²) in [4.78, 5) is 0. The zero-order valence-corrected chi connectivity index (χ0v) is 9.99. The van der Waals surface area contributed by atoms with Crippen molar-refractivity contribution in [2.75, 3.05) is 13.7 Å². The van der Waals surface area contributed by atoms with Gasteiger partial charge in [0.15, 0.2) is 0 Å². The van der Waals surface area contributed by atoms with E-state index in [1.165, 1.54) is 5.56 Å². The second kappa shape index (κ2) is 6.92. The van der Waals surface area contributed by atoms with E-state index in [0.717, 1.165) is 25.1 Å². The van der Waals surface area contributed by atoms with E-state index in [2.05, 4.69) is 24.2 Å². The highest BCUT2D eigenvalue weighted by Gasteiger charge is 2.09. The Morgan fingerprint density at radius 1 is 1.44 bits per heavy atom. The number of unbranched alkanes of at least 4 members (excludes halogenated alkanes) is 1. The van der Waals surface area contributed by atoms with Crippen LogP contribution in [0, 0.1) is 12.3 Å². The largest absolute Gasteiger partial charge is 0.496 e. The van der Waals surface area contributed by atoms with E-state index in [4.69, 9.17) is 11.2 Å². The summed E-state index contributed by atoms with van der Waals surface area (Å²) in [6, 6.07) is 8.35. The van der Waals surface area contributed by atoms with Crippen molar-refractivity contribution < 1.29 is 4.74 Å². The van der Waals surface area contributed by atoms with Gasteiger partial charge < -0.3 is 10.1 Å². The SMILES string of the molecule is C#CCCCN[C@@H](C)c1ccccc1OC. The van der Waals surface area contributed by atoms with Crippen LogP contribution in [0.25, 0.3) is 0 Å². The van der Waals surface area contributed by atoms with Crippen molar-refractivity contribution in [3.63, 3.8) is 0 Å². The number of nitrogens with one attached hydrogen (secondary N) is 1. The van der Waals surface area contributed by atoms with Crippen molar-refractivity contribution in [1.82, 2.24) is 5.32 Å². The molecule has 1 aromatic carbocycles. The highest BCUT2D eigenvalue weighted by molar-refractivity contribution is 5.35. The smallest absolute Gasteiger partial charge is 0.123 e. The molecule has 1 N–H and O–H groups in total. The fourth-order valence-corrected chi connectivity index (χ4v) is 1.64. The summed E-state index contributed by atoms with van der Waals surface area (Å²) in [6.45, 7) is 3.07. The molecule has 1 rings (SSSR count). The molecule has 0 saturated heterocycles. The Labute approximate surface area is 98.0 Å². The first-order valence-electron chi connectivity index (χ1n) is 5.59. The van der Waals surface area contributed by atoms with Crippen molar-refractivity contribution in [3.05, 3.63) is 29.8 Å². The summed E-state index contributed by atoms with van der Waals surface area (Å²) < 4.78 is 5.32. The predicted octanol–water partition coefficient (Wildman–Crippen LogP) is 2.76. The second-order valence-electron chi connectivity index (χ2n) is 3.73. The lowest BCUT2D eigenvalue weighted by Gasteiger charge is -2.16. The summed E-state index contributed by atoms with van der Waals surface area (Å²) in [5, 5.41) is 3.43. The normalized spacial score (nSPS) is 11.8. The van der Waals surface area contributed by atoms with Gasteiger partial charge in [0.25, 0.3) is 0 Å². The van der Waals surface area contributed by atoms with Crippen LogP contribution in [0.1, 0.15) is 31.4 Å². The number of benzene rings is 1. The quantitative estimate of drug-likeness (QED) is 0.584. The maximum atomic E-state index is 5.32. The van der Waals surface area contributed by atoms with Crippen LogP contribution in [0.3, 0.4) is 0 Å². The first kappa shape index (κ1) is 12.6. The van der Waals surface area contributed by atoms with Gasteiger partial charge in [-0.25, -0.2) is 0 Å². The van der Waals surface area contributed by atoms with Gasteiger partial charge in [0, 0.05) is 18.0 Å². The van der Waals surface area contributed by atoms with Gasteiger partial charge in [-0.1, -0.05) is 18.2 Å². The lowest BCUT2D eigenvalue weighted by molar-refractivity contribution is 0.401. The Morgan fingerprint density at radius 2 is 2.19 bits per heavy atom. The van der Waals surface area contributed by atoms with Crippen molar-refractivity contribution in [2.45, 2.75) is 25.8 Å². The minimum absolute atomic E-state index is 0.286. The molecule has 0 saturated carbocycles. The van der Waals surface area contributed by atoms with E-state index in [0.29, 0.717) is 0 Å². The lowest BCUT2D eigenvalue weighted by Crippen LogP contribution is -2.20. The summed E-state index contributed by atoms with van der Waals surface area (Å²) in [5.41, 5.74) is 1.19. The summed E-state index contributed by atoms with van der Waals surface area (Å²) in [5.74, 6) is 3.57. The lowest BCUT2D eigenvalue weighted by atomic mass is 10.1. The molecule has 16 heavy (non-hydrogen) atoms. The van der Waals surface area contributed by atoms with Gasteiger partial charge in [-0.15, -0.1) is 12.3 Å². The number of terminal acetylenes is 1. The topological polar surface area (TPSA) is 21.3 Å². The van der Waals surface area contributed by atoms with Crippen molar-refractivity contribution >= 4 is 0 Å². The van der Waals surface area contributed by atoms with Crippen LogP contribution in [-0.2, 0) is 0 Å². The molecule has 0 heterocycles. The van der Waals surface area contributed by atoms with E-state index in [1.807, 2.05) is 18.2 Å². The van der Waals surface area contributed by atoms with Crippen molar-refractivity contribution in [3.8, 4) is 18.1 Å². The Kier molecular flexibility index (Phi) is 5.45. The van der Waals surface area contributed by atoms with Gasteiger partial charge in [0.05, 0.1) is 7.11 Å². The molecular weight excluding hydrogens is 198 g/mol. The third-order valence-corrected chi connectivity index (χ3v) is 2.55. The minimum Gasteiger partial charge on any atom is -0.496 e. The number of rotatable bonds is 6. The Hall–Kier alpha value is -1.46. The van der Waals surface area contributed by atoms with Crippen molar-refractivity contribution in [2.24, 2.45) is 0 Å². The number of hydrogen-bond acceptors (Lipinski definition) is 2. The van der Waals surface area contributed by atoms with E-state index in [9.17, 15) is 0 Å². The number of hydrogen-bond donors (Lipinski definition) is 1. The highest BCUT2D eigenvalue weighted by Crippen LogP contribution is 2.24. The number of para-hydroxylation sites is 1. The van der Waals surface area contributed by atoms with Crippen LogP contribution < -0.4 is 10.1 Å². The molecule has 0 aliphatic carbocycles. The van der Waals surface area contributed by atoms with Gasteiger partial charge in [-0.3, -0.25) is 0 Å². The van der Waals surface area contributed by atoms with E-state index < -0.39 is 0 Å². The van der Waals surface area contributed by atoms with Crippen LogP contribution >= 0.6 is 0 Å². The van der Waals surface area contributed by atoms with Crippen LogP contribution in [0.4, 0.5) is 0 Å². The highest BCUT2D eigenvalue weighted by atomic mass is 16.5. The molecule has 2 nitrogen and oxygen atoms in total. The molecule has 0 radical (unpaired) electrons. The zero-order valence-electron chi connectivity index (χ0n) is 9.99. The Balaban J connectivity index is 2.52. The van der Waals surface area contributed by atoms with E-state index >= 15 is 0 Å². The van der Waals surface area contributed by atoms with Gasteiger partial charge in [0.1, 0.15) is 5.75 Å². The summed E-state index contributed by atoms with van der Waals surface area (Å²) in [6.07, 6.45) is 7.04. The predicted molar refractivity (Wildman–Crippen MR) is 67.5 cm³/mol. The molecule has 86 valence electrons. The average molecular weight is 217 g/mol. The molecule has 0 aliphatic rings. The maximum Gasteiger partial charge on any atom is 0.123 e. The molecule has 0 aromatic heterocycles. The first-order valence-corrected chi connectivity index (χ1v) is 5.59. The van der Waals surface area contributed by atoms with Gasteiger partial charge in [-0.05, 0) is 26.0 Å². The molecule has 2 heteroatoms. The monoisotopic (exact) mass is 217 g/mol. The number of ether oxygens (including phenoxy) is 1. The summed E-state index contributed by atoms with van der Waals surface area (Å²) >= 11 is 0. The van der Waals surface area contributed by atoms with E-state index in [1.54, 1.807) is 7.11 Å². The molecule has 0 spiro atoms. The zero-order chi connectivity index (χ0) is 11.8. The van der Waals surface area contributed by atoms with Crippen LogP contribution in [-0.4, -0.2) is 13.7 Å². The molecule has 1 aromatic rings. The standard InChI is InChI=1S/C14H19NO/c1-4-5-8-11-15-12(2)13-9-6-7-10-14(13)16-3/h1,6-7,9-10,12,15H,5,8,11H2,2-3H3/t12-/m0/s1. The third-order valence-electron chi connectivity index (χ3n) is 2.55.